The largest absolute Gasteiger partial charge is 0.369 e. The van der Waals surface area contributed by atoms with Gasteiger partial charge in [-0.15, -0.1) is 0 Å². The van der Waals surface area contributed by atoms with Gasteiger partial charge in [0, 0.05) is 6.54 Å². The van der Waals surface area contributed by atoms with Crippen molar-refractivity contribution in [2.24, 2.45) is 0 Å². The lowest BCUT2D eigenvalue weighted by Crippen LogP contribution is -2.16. The molecule has 0 unspecified atom stereocenters. The quantitative estimate of drug-likeness (QED) is 0.910. The number of hydrogen-bond acceptors (Lipinski definition) is 4. The van der Waals surface area contributed by atoms with Crippen LogP contribution in [0.25, 0.3) is 0 Å². The number of anilines is 2. The highest BCUT2D eigenvalue weighted by Crippen LogP contribution is 2.22. The second kappa shape index (κ2) is 6.29. The summed E-state index contributed by atoms with van der Waals surface area (Å²) in [6.45, 7) is 2.55. The van der Waals surface area contributed by atoms with Crippen molar-refractivity contribution in [2.45, 2.75) is 6.92 Å². The Morgan fingerprint density at radius 3 is 2.95 bits per heavy atom. The van der Waals surface area contributed by atoms with Crippen LogP contribution in [0.5, 0.6) is 0 Å². The first-order chi connectivity index (χ1) is 9.61. The monoisotopic (exact) mass is 294 g/mol. The van der Waals surface area contributed by atoms with Crippen LogP contribution in [0.4, 0.5) is 15.9 Å². The predicted octanol–water partition coefficient (Wildman–Crippen LogP) is 2.95. The summed E-state index contributed by atoms with van der Waals surface area (Å²) in [7, 11) is 0. The first kappa shape index (κ1) is 14.2. The third-order valence-corrected chi connectivity index (χ3v) is 2.72. The average Bonchev–Trinajstić information content (AvgIpc) is 2.44. The van der Waals surface area contributed by atoms with E-state index < -0.39 is 11.7 Å². The highest BCUT2D eigenvalue weighted by Gasteiger charge is 2.13. The number of aromatic nitrogens is 2. The average molecular weight is 295 g/mol. The van der Waals surface area contributed by atoms with Gasteiger partial charge in [0.25, 0.3) is 5.91 Å². The van der Waals surface area contributed by atoms with E-state index in [1.165, 1.54) is 24.5 Å². The molecule has 0 aliphatic carbocycles. The molecule has 5 nitrogen and oxygen atoms in total. The summed E-state index contributed by atoms with van der Waals surface area (Å²) < 4.78 is 13.7. The van der Waals surface area contributed by atoms with Gasteiger partial charge < -0.3 is 10.6 Å². The molecule has 7 heteroatoms. The molecule has 20 heavy (non-hydrogen) atoms. The summed E-state index contributed by atoms with van der Waals surface area (Å²) in [5.74, 6) is -0.761. The number of nitrogens with zero attached hydrogens (tertiary/aromatic N) is 2. The molecule has 0 fully saturated rings. The molecule has 1 aromatic carbocycles. The summed E-state index contributed by atoms with van der Waals surface area (Å²) in [6.07, 6.45) is 2.80. The molecule has 0 aliphatic heterocycles. The third-order valence-electron chi connectivity index (χ3n) is 2.42. The Morgan fingerprint density at radius 1 is 1.40 bits per heavy atom. The van der Waals surface area contributed by atoms with Crippen molar-refractivity contribution in [2.75, 3.05) is 17.2 Å². The van der Waals surface area contributed by atoms with Gasteiger partial charge in [0.05, 0.1) is 23.1 Å². The van der Waals surface area contributed by atoms with E-state index in [2.05, 4.69) is 20.6 Å². The van der Waals surface area contributed by atoms with Gasteiger partial charge in [-0.05, 0) is 19.1 Å². The minimum atomic E-state index is -0.682. The Kier molecular flexibility index (Phi) is 4.47. The number of carbonyl (C=O) groups excluding carboxylic acids is 1. The maximum Gasteiger partial charge on any atom is 0.276 e. The lowest BCUT2D eigenvalue weighted by molar-refractivity contribution is 0.102. The summed E-state index contributed by atoms with van der Waals surface area (Å²) in [6, 6.07) is 4.36. The van der Waals surface area contributed by atoms with E-state index in [1.807, 2.05) is 6.92 Å². The van der Waals surface area contributed by atoms with Crippen molar-refractivity contribution in [3.8, 4) is 0 Å². The lowest BCUT2D eigenvalue weighted by atomic mass is 10.3. The number of rotatable bonds is 4. The molecule has 1 amide bonds. The Hall–Kier alpha value is -2.21. The van der Waals surface area contributed by atoms with Crippen LogP contribution in [0, 0.1) is 5.82 Å². The third kappa shape index (κ3) is 3.21. The molecule has 2 N–H and O–H groups in total. The number of hydrogen-bond donors (Lipinski definition) is 2. The van der Waals surface area contributed by atoms with Crippen LogP contribution in [0.1, 0.15) is 17.4 Å². The van der Waals surface area contributed by atoms with Gasteiger partial charge in [0.2, 0.25) is 0 Å². The van der Waals surface area contributed by atoms with Gasteiger partial charge >= 0.3 is 0 Å². The second-order valence-corrected chi connectivity index (χ2v) is 4.28. The van der Waals surface area contributed by atoms with Crippen molar-refractivity contribution in [3.05, 3.63) is 47.1 Å². The second-order valence-electron chi connectivity index (χ2n) is 3.88. The predicted molar refractivity (Wildman–Crippen MR) is 75.6 cm³/mol. The van der Waals surface area contributed by atoms with E-state index >= 15 is 0 Å². The van der Waals surface area contributed by atoms with Gasteiger partial charge in [-0.25, -0.2) is 9.37 Å². The molecule has 0 radical (unpaired) electrons. The Balaban J connectivity index is 2.19. The number of halogens is 2. The fraction of sp³-hybridized carbons (Fsp3) is 0.154. The molecular weight excluding hydrogens is 283 g/mol. The standard InChI is InChI=1S/C13H12ClFN4O/c1-2-17-11-7-16-6-10(18-11)13(20)19-9-5-3-4-8(14)12(9)15/h3-7H,2H2,1H3,(H,17,18)(H,19,20). The fourth-order valence-electron chi connectivity index (χ4n) is 1.53. The number of amides is 1. The van der Waals surface area contributed by atoms with Crippen LogP contribution < -0.4 is 10.6 Å². The van der Waals surface area contributed by atoms with Crippen molar-refractivity contribution < 1.29 is 9.18 Å². The molecule has 0 saturated carbocycles. The zero-order valence-corrected chi connectivity index (χ0v) is 11.4. The molecule has 1 aromatic heterocycles. The van der Waals surface area contributed by atoms with Crippen LogP contribution >= 0.6 is 11.6 Å². The van der Waals surface area contributed by atoms with Crippen LogP contribution in [-0.4, -0.2) is 22.4 Å². The first-order valence-corrected chi connectivity index (χ1v) is 6.31. The Bertz CT molecular complexity index is 636. The Morgan fingerprint density at radius 2 is 2.20 bits per heavy atom. The number of carbonyl (C=O) groups is 1. The molecule has 0 aliphatic rings. The van der Waals surface area contributed by atoms with E-state index in [4.69, 9.17) is 11.6 Å². The van der Waals surface area contributed by atoms with Crippen LogP contribution in [0.2, 0.25) is 5.02 Å². The van der Waals surface area contributed by atoms with E-state index in [-0.39, 0.29) is 16.4 Å². The van der Waals surface area contributed by atoms with Crippen LogP contribution in [0.15, 0.2) is 30.6 Å². The molecule has 1 heterocycles. The highest BCUT2D eigenvalue weighted by atomic mass is 35.5. The van der Waals surface area contributed by atoms with Gasteiger partial charge in [-0.1, -0.05) is 17.7 Å². The molecule has 0 atom stereocenters. The molecule has 0 spiro atoms. The van der Waals surface area contributed by atoms with Gasteiger partial charge in [0.1, 0.15) is 11.5 Å². The summed E-state index contributed by atoms with van der Waals surface area (Å²) in [5, 5.41) is 5.29. The van der Waals surface area contributed by atoms with Crippen LogP contribution in [0.3, 0.4) is 0 Å². The van der Waals surface area contributed by atoms with Gasteiger partial charge in [-0.3, -0.25) is 9.78 Å². The van der Waals surface area contributed by atoms with Crippen molar-refractivity contribution in [3.63, 3.8) is 0 Å². The normalized spacial score (nSPS) is 10.2. The summed E-state index contributed by atoms with van der Waals surface area (Å²) in [4.78, 5) is 20.0. The zero-order valence-electron chi connectivity index (χ0n) is 10.7. The van der Waals surface area contributed by atoms with E-state index in [0.29, 0.717) is 12.4 Å². The minimum Gasteiger partial charge on any atom is -0.369 e. The summed E-state index contributed by atoms with van der Waals surface area (Å²) in [5.41, 5.74) is 0.0842. The number of nitrogens with one attached hydrogen (secondary N) is 2. The molecule has 104 valence electrons. The Labute approximate surface area is 120 Å². The maximum atomic E-state index is 13.7. The van der Waals surface area contributed by atoms with Crippen molar-refractivity contribution in [1.82, 2.24) is 9.97 Å². The fourth-order valence-corrected chi connectivity index (χ4v) is 1.70. The minimum absolute atomic E-state index is 0.00171. The van der Waals surface area contributed by atoms with Crippen LogP contribution in [-0.2, 0) is 0 Å². The van der Waals surface area contributed by atoms with Crippen molar-refractivity contribution in [1.29, 1.82) is 0 Å². The van der Waals surface area contributed by atoms with E-state index in [1.54, 1.807) is 6.07 Å². The lowest BCUT2D eigenvalue weighted by Gasteiger charge is -2.07. The number of benzene rings is 1. The first-order valence-electron chi connectivity index (χ1n) is 5.93. The van der Waals surface area contributed by atoms with E-state index in [9.17, 15) is 9.18 Å². The topological polar surface area (TPSA) is 66.9 Å². The van der Waals surface area contributed by atoms with E-state index in [0.717, 1.165) is 0 Å². The SMILES string of the molecule is CCNc1cncc(C(=O)Nc2cccc(Cl)c2F)n1. The zero-order chi connectivity index (χ0) is 14.5. The molecular formula is C13H12ClFN4O. The molecule has 2 rings (SSSR count). The smallest absolute Gasteiger partial charge is 0.276 e. The van der Waals surface area contributed by atoms with Gasteiger partial charge in [0.15, 0.2) is 5.82 Å². The van der Waals surface area contributed by atoms with Gasteiger partial charge in [-0.2, -0.15) is 0 Å². The molecule has 0 bridgehead atoms. The molecule has 0 saturated heterocycles. The maximum absolute atomic E-state index is 13.7. The van der Waals surface area contributed by atoms with Crippen molar-refractivity contribution >= 4 is 29.0 Å². The highest BCUT2D eigenvalue weighted by molar-refractivity contribution is 6.31. The molecule has 2 aromatic rings. The summed E-state index contributed by atoms with van der Waals surface area (Å²) >= 11 is 5.65.